The second-order valence-corrected chi connectivity index (χ2v) is 9.47. The SMILES string of the molecule is CN(C)CCn1c(=O)n(C2CCN(C3CCCc4ccccc43)CC2)c2ccccc21. The molecule has 2 aliphatic rings. The van der Waals surface area contributed by atoms with E-state index in [4.69, 9.17) is 0 Å². The van der Waals surface area contributed by atoms with Crippen LogP contribution in [0.4, 0.5) is 0 Å². The van der Waals surface area contributed by atoms with E-state index in [1.54, 1.807) is 0 Å². The number of fused-ring (bicyclic) bond motifs is 2. The van der Waals surface area contributed by atoms with Gasteiger partial charge in [0, 0.05) is 38.3 Å². The van der Waals surface area contributed by atoms with Crippen LogP contribution in [-0.4, -0.2) is 52.7 Å². The minimum atomic E-state index is 0.157. The number of rotatable bonds is 5. The van der Waals surface area contributed by atoms with Gasteiger partial charge < -0.3 is 4.90 Å². The zero-order valence-electron chi connectivity index (χ0n) is 18.8. The Kier molecular flexibility index (Phi) is 5.72. The maximum atomic E-state index is 13.4. The maximum absolute atomic E-state index is 13.4. The van der Waals surface area contributed by atoms with E-state index in [1.807, 2.05) is 10.6 Å². The Bertz CT molecular complexity index is 1100. The van der Waals surface area contributed by atoms with Crippen LogP contribution in [0.15, 0.2) is 53.3 Å². The van der Waals surface area contributed by atoms with Crippen molar-refractivity contribution in [1.29, 1.82) is 0 Å². The van der Waals surface area contributed by atoms with Crippen molar-refractivity contribution >= 4 is 11.0 Å². The molecule has 1 fully saturated rings. The molecule has 0 amide bonds. The number of benzene rings is 2. The van der Waals surface area contributed by atoms with Gasteiger partial charge in [-0.2, -0.15) is 0 Å². The van der Waals surface area contributed by atoms with Gasteiger partial charge in [0.25, 0.3) is 0 Å². The number of likely N-dealkylation sites (tertiary alicyclic amines) is 1. The Morgan fingerprint density at radius 1 is 0.935 bits per heavy atom. The second-order valence-electron chi connectivity index (χ2n) is 9.47. The molecule has 0 radical (unpaired) electrons. The molecule has 164 valence electrons. The van der Waals surface area contributed by atoms with Crippen molar-refractivity contribution in [3.8, 4) is 0 Å². The minimum absolute atomic E-state index is 0.157. The lowest BCUT2D eigenvalue weighted by molar-refractivity contribution is 0.123. The summed E-state index contributed by atoms with van der Waals surface area (Å²) < 4.78 is 4.07. The molecule has 1 unspecified atom stereocenters. The summed E-state index contributed by atoms with van der Waals surface area (Å²) in [7, 11) is 4.12. The van der Waals surface area contributed by atoms with Crippen molar-refractivity contribution in [2.24, 2.45) is 0 Å². The summed E-state index contributed by atoms with van der Waals surface area (Å²) in [5.74, 6) is 0. The van der Waals surface area contributed by atoms with Gasteiger partial charge >= 0.3 is 5.69 Å². The fraction of sp³-hybridized carbons (Fsp3) is 0.500. The number of piperidine rings is 1. The number of nitrogens with zero attached hydrogens (tertiary/aromatic N) is 4. The Labute approximate surface area is 184 Å². The van der Waals surface area contributed by atoms with Crippen LogP contribution >= 0.6 is 0 Å². The van der Waals surface area contributed by atoms with E-state index < -0.39 is 0 Å². The van der Waals surface area contributed by atoms with E-state index in [2.05, 4.69) is 70.9 Å². The number of imidazole rings is 1. The molecule has 0 N–H and O–H groups in total. The lowest BCUT2D eigenvalue weighted by Gasteiger charge is -2.40. The first-order valence-electron chi connectivity index (χ1n) is 11.8. The lowest BCUT2D eigenvalue weighted by Crippen LogP contribution is -2.40. The number of likely N-dealkylation sites (N-methyl/N-ethyl adjacent to an activating group) is 1. The van der Waals surface area contributed by atoms with E-state index >= 15 is 0 Å². The predicted molar refractivity (Wildman–Crippen MR) is 127 cm³/mol. The van der Waals surface area contributed by atoms with E-state index in [1.165, 1.54) is 30.4 Å². The molecule has 5 rings (SSSR count). The molecule has 5 nitrogen and oxygen atoms in total. The van der Waals surface area contributed by atoms with Crippen molar-refractivity contribution in [2.45, 2.75) is 50.7 Å². The first-order valence-corrected chi connectivity index (χ1v) is 11.8. The van der Waals surface area contributed by atoms with Gasteiger partial charge in [0.05, 0.1) is 11.0 Å². The molecule has 31 heavy (non-hydrogen) atoms. The summed E-state index contributed by atoms with van der Waals surface area (Å²) >= 11 is 0. The lowest BCUT2D eigenvalue weighted by atomic mass is 9.86. The van der Waals surface area contributed by atoms with Crippen LogP contribution < -0.4 is 5.69 Å². The number of aromatic nitrogens is 2. The highest BCUT2D eigenvalue weighted by Gasteiger charge is 2.31. The number of hydrogen-bond acceptors (Lipinski definition) is 3. The molecule has 1 saturated heterocycles. The number of hydrogen-bond donors (Lipinski definition) is 0. The average Bonchev–Trinajstić information content (AvgIpc) is 3.08. The third-order valence-corrected chi connectivity index (χ3v) is 7.28. The van der Waals surface area contributed by atoms with Gasteiger partial charge in [0.1, 0.15) is 0 Å². The first kappa shape index (κ1) is 20.5. The number of para-hydroxylation sites is 2. The number of aryl methyl sites for hydroxylation is 1. The van der Waals surface area contributed by atoms with Crippen LogP contribution in [0.5, 0.6) is 0 Å². The topological polar surface area (TPSA) is 33.4 Å². The molecule has 1 atom stereocenters. The van der Waals surface area contributed by atoms with Gasteiger partial charge in [0.2, 0.25) is 0 Å². The molecule has 0 saturated carbocycles. The highest BCUT2D eigenvalue weighted by molar-refractivity contribution is 5.76. The Morgan fingerprint density at radius 2 is 1.65 bits per heavy atom. The molecule has 2 aromatic carbocycles. The van der Waals surface area contributed by atoms with Crippen LogP contribution in [-0.2, 0) is 13.0 Å². The molecule has 2 heterocycles. The molecular weight excluding hydrogens is 384 g/mol. The van der Waals surface area contributed by atoms with Gasteiger partial charge in [-0.25, -0.2) is 4.79 Å². The van der Waals surface area contributed by atoms with Gasteiger partial charge in [-0.3, -0.25) is 14.0 Å². The third kappa shape index (κ3) is 3.85. The molecular formula is C26H34N4O. The Balaban J connectivity index is 1.38. The molecule has 5 heteroatoms. The van der Waals surface area contributed by atoms with E-state index in [9.17, 15) is 4.79 Å². The van der Waals surface area contributed by atoms with Crippen LogP contribution in [0.1, 0.15) is 48.9 Å². The molecule has 1 aliphatic heterocycles. The smallest absolute Gasteiger partial charge is 0.308 e. The van der Waals surface area contributed by atoms with E-state index in [-0.39, 0.29) is 11.7 Å². The van der Waals surface area contributed by atoms with Gasteiger partial charge in [0.15, 0.2) is 0 Å². The van der Waals surface area contributed by atoms with E-state index in [0.29, 0.717) is 6.04 Å². The molecule has 1 aromatic heterocycles. The summed E-state index contributed by atoms with van der Waals surface area (Å²) in [5, 5.41) is 0. The quantitative estimate of drug-likeness (QED) is 0.626. The zero-order valence-corrected chi connectivity index (χ0v) is 18.8. The van der Waals surface area contributed by atoms with Crippen molar-refractivity contribution in [2.75, 3.05) is 33.7 Å². The molecule has 0 bridgehead atoms. The third-order valence-electron chi connectivity index (χ3n) is 7.28. The largest absolute Gasteiger partial charge is 0.329 e. The molecule has 3 aromatic rings. The van der Waals surface area contributed by atoms with Crippen molar-refractivity contribution < 1.29 is 0 Å². The first-order chi connectivity index (χ1) is 15.1. The average molecular weight is 419 g/mol. The summed E-state index contributed by atoms with van der Waals surface area (Å²) in [6.07, 6.45) is 5.83. The van der Waals surface area contributed by atoms with Crippen molar-refractivity contribution in [3.63, 3.8) is 0 Å². The van der Waals surface area contributed by atoms with Gasteiger partial charge in [-0.15, -0.1) is 0 Å². The summed E-state index contributed by atoms with van der Waals surface area (Å²) in [4.78, 5) is 18.3. The van der Waals surface area contributed by atoms with Crippen LogP contribution in [0, 0.1) is 0 Å². The summed E-state index contributed by atoms with van der Waals surface area (Å²) in [5.41, 5.74) is 5.38. The Hall–Kier alpha value is -2.37. The standard InChI is InChI=1S/C26H34N4O/c1-27(2)18-19-29-24-11-5-6-12-25(24)30(26(29)31)21-14-16-28(17-15-21)23-13-7-9-20-8-3-4-10-22(20)23/h3-6,8,10-12,21,23H,7,9,13-19H2,1-2H3. The van der Waals surface area contributed by atoms with Crippen LogP contribution in [0.2, 0.25) is 0 Å². The summed E-state index contributed by atoms with van der Waals surface area (Å²) in [6, 6.07) is 18.1. The van der Waals surface area contributed by atoms with Gasteiger partial charge in [-0.1, -0.05) is 36.4 Å². The maximum Gasteiger partial charge on any atom is 0.329 e. The van der Waals surface area contributed by atoms with Crippen LogP contribution in [0.25, 0.3) is 11.0 Å². The van der Waals surface area contributed by atoms with E-state index in [0.717, 1.165) is 50.1 Å². The predicted octanol–water partition coefficient (Wildman–Crippen LogP) is 4.08. The highest BCUT2D eigenvalue weighted by Crippen LogP contribution is 2.37. The molecule has 0 spiro atoms. The van der Waals surface area contributed by atoms with Crippen molar-refractivity contribution in [1.82, 2.24) is 18.9 Å². The second kappa shape index (κ2) is 8.64. The normalized spacial score (nSPS) is 20.4. The Morgan fingerprint density at radius 3 is 2.42 bits per heavy atom. The van der Waals surface area contributed by atoms with Crippen molar-refractivity contribution in [3.05, 3.63) is 70.1 Å². The van der Waals surface area contributed by atoms with Gasteiger partial charge in [-0.05, 0) is 69.5 Å². The monoisotopic (exact) mass is 418 g/mol. The van der Waals surface area contributed by atoms with Crippen LogP contribution in [0.3, 0.4) is 0 Å². The fourth-order valence-electron chi connectivity index (χ4n) is 5.66. The summed E-state index contributed by atoms with van der Waals surface area (Å²) in [6.45, 7) is 3.73. The fourth-order valence-corrected chi connectivity index (χ4v) is 5.66. The molecule has 1 aliphatic carbocycles. The zero-order chi connectivity index (χ0) is 21.4. The highest BCUT2D eigenvalue weighted by atomic mass is 16.1. The minimum Gasteiger partial charge on any atom is -0.308 e.